The molecule has 3 rings (SSSR count). The van der Waals surface area contributed by atoms with Crippen molar-refractivity contribution in [3.05, 3.63) is 51.5 Å². The first-order chi connectivity index (χ1) is 12.9. The molecule has 8 heteroatoms. The second-order valence-electron chi connectivity index (χ2n) is 5.54. The third-order valence-electron chi connectivity index (χ3n) is 4.10. The van der Waals surface area contributed by atoms with Crippen LogP contribution in [0.4, 0.5) is 5.69 Å². The van der Waals surface area contributed by atoms with Gasteiger partial charge in [-0.3, -0.25) is 9.59 Å². The third kappa shape index (κ3) is 3.22. The first-order valence-electron chi connectivity index (χ1n) is 7.77. The van der Waals surface area contributed by atoms with Crippen LogP contribution in [0.5, 0.6) is 17.2 Å². The molecule has 1 N–H and O–H groups in total. The lowest BCUT2D eigenvalue weighted by molar-refractivity contribution is -0.110. The van der Waals surface area contributed by atoms with Crippen LogP contribution in [0.15, 0.2) is 30.3 Å². The monoisotopic (exact) mass is 407 g/mol. The van der Waals surface area contributed by atoms with E-state index < -0.39 is 11.7 Å². The summed E-state index contributed by atoms with van der Waals surface area (Å²) in [5.74, 6) is -0.0249. The standard InChI is InChI=1S/C19H15Cl2NO5/c1-25-14-7-4-9(17(26-2)18(14)27-3)13(23)8-10-15-11(20)5-6-12(21)16(15)22-19(10)24/h4-8H,1-3H3,(H,22,24)/b10-8-. The molecule has 0 atom stereocenters. The Bertz CT molecular complexity index is 985. The van der Waals surface area contributed by atoms with Crippen molar-refractivity contribution in [2.45, 2.75) is 0 Å². The van der Waals surface area contributed by atoms with Crippen LogP contribution in [-0.2, 0) is 4.79 Å². The van der Waals surface area contributed by atoms with Gasteiger partial charge in [0.15, 0.2) is 17.3 Å². The minimum Gasteiger partial charge on any atom is -0.493 e. The van der Waals surface area contributed by atoms with Gasteiger partial charge in [-0.05, 0) is 30.3 Å². The summed E-state index contributed by atoms with van der Waals surface area (Å²) in [5.41, 5.74) is 1.11. The van der Waals surface area contributed by atoms with E-state index in [0.29, 0.717) is 27.0 Å². The number of halogens is 2. The normalized spacial score (nSPS) is 14.0. The zero-order valence-electron chi connectivity index (χ0n) is 14.7. The van der Waals surface area contributed by atoms with Crippen LogP contribution < -0.4 is 19.5 Å². The van der Waals surface area contributed by atoms with Gasteiger partial charge < -0.3 is 19.5 Å². The van der Waals surface area contributed by atoms with Gasteiger partial charge in [-0.15, -0.1) is 0 Å². The molecule has 0 fully saturated rings. The fraction of sp³-hybridized carbons (Fsp3) is 0.158. The largest absolute Gasteiger partial charge is 0.493 e. The molecule has 0 aliphatic carbocycles. The van der Waals surface area contributed by atoms with Crippen LogP contribution in [0.3, 0.4) is 0 Å². The number of hydrogen-bond acceptors (Lipinski definition) is 5. The van der Waals surface area contributed by atoms with Gasteiger partial charge >= 0.3 is 0 Å². The summed E-state index contributed by atoms with van der Waals surface area (Å²) < 4.78 is 15.8. The van der Waals surface area contributed by atoms with Crippen molar-refractivity contribution in [1.82, 2.24) is 0 Å². The number of fused-ring (bicyclic) bond motifs is 1. The van der Waals surface area contributed by atoms with Crippen molar-refractivity contribution in [1.29, 1.82) is 0 Å². The molecule has 1 aliphatic heterocycles. The lowest BCUT2D eigenvalue weighted by Gasteiger charge is -2.14. The predicted molar refractivity (Wildman–Crippen MR) is 103 cm³/mol. The highest BCUT2D eigenvalue weighted by Crippen LogP contribution is 2.43. The number of carbonyl (C=O) groups is 2. The molecule has 0 radical (unpaired) electrons. The zero-order valence-corrected chi connectivity index (χ0v) is 16.2. The molecule has 0 spiro atoms. The van der Waals surface area contributed by atoms with Gasteiger partial charge in [0, 0.05) is 5.56 Å². The van der Waals surface area contributed by atoms with Crippen molar-refractivity contribution in [3.8, 4) is 17.2 Å². The number of rotatable bonds is 5. The van der Waals surface area contributed by atoms with Crippen molar-refractivity contribution < 1.29 is 23.8 Å². The van der Waals surface area contributed by atoms with E-state index in [4.69, 9.17) is 37.4 Å². The fourth-order valence-corrected chi connectivity index (χ4v) is 3.34. The molecule has 0 bridgehead atoms. The van der Waals surface area contributed by atoms with Crippen LogP contribution >= 0.6 is 23.2 Å². The van der Waals surface area contributed by atoms with E-state index in [-0.39, 0.29) is 22.6 Å². The minimum absolute atomic E-state index is 0.124. The Morgan fingerprint density at radius 2 is 1.63 bits per heavy atom. The van der Waals surface area contributed by atoms with E-state index in [1.54, 1.807) is 18.2 Å². The van der Waals surface area contributed by atoms with Crippen LogP contribution in [0.2, 0.25) is 10.0 Å². The molecule has 27 heavy (non-hydrogen) atoms. The Kier molecular flexibility index (Phi) is 5.30. The highest BCUT2D eigenvalue weighted by Gasteiger charge is 2.30. The highest BCUT2D eigenvalue weighted by atomic mass is 35.5. The minimum atomic E-state index is -0.465. The summed E-state index contributed by atoms with van der Waals surface area (Å²) in [4.78, 5) is 25.2. The van der Waals surface area contributed by atoms with Gasteiger partial charge in [0.05, 0.1) is 48.2 Å². The quantitative estimate of drug-likeness (QED) is 0.592. The Labute approximate surface area is 165 Å². The lowest BCUT2D eigenvalue weighted by Crippen LogP contribution is -2.07. The number of ether oxygens (including phenoxy) is 3. The number of benzene rings is 2. The van der Waals surface area contributed by atoms with Gasteiger partial charge in [0.1, 0.15) is 0 Å². The summed E-state index contributed by atoms with van der Waals surface area (Å²) in [6, 6.07) is 6.26. The molecule has 0 saturated heterocycles. The Morgan fingerprint density at radius 3 is 2.26 bits per heavy atom. The second kappa shape index (κ2) is 7.50. The molecule has 1 heterocycles. The van der Waals surface area contributed by atoms with Crippen LogP contribution in [0.1, 0.15) is 15.9 Å². The molecule has 140 valence electrons. The van der Waals surface area contributed by atoms with Gasteiger partial charge in [-0.2, -0.15) is 0 Å². The lowest BCUT2D eigenvalue weighted by atomic mass is 10.0. The average Bonchev–Trinajstić information content (AvgIpc) is 3.00. The number of hydrogen-bond donors (Lipinski definition) is 1. The number of amides is 1. The molecule has 1 amide bonds. The second-order valence-corrected chi connectivity index (χ2v) is 6.35. The highest BCUT2D eigenvalue weighted by molar-refractivity contribution is 6.45. The van der Waals surface area contributed by atoms with Crippen molar-refractivity contribution in [2.24, 2.45) is 0 Å². The maximum absolute atomic E-state index is 12.9. The predicted octanol–water partition coefficient (Wildman–Crippen LogP) is 4.24. The Morgan fingerprint density at radius 1 is 0.963 bits per heavy atom. The van der Waals surface area contributed by atoms with E-state index >= 15 is 0 Å². The summed E-state index contributed by atoms with van der Waals surface area (Å²) in [5, 5.41) is 3.28. The average molecular weight is 408 g/mol. The van der Waals surface area contributed by atoms with Crippen molar-refractivity contribution >= 4 is 46.2 Å². The summed E-state index contributed by atoms with van der Waals surface area (Å²) in [6.45, 7) is 0. The van der Waals surface area contributed by atoms with Crippen LogP contribution in [0.25, 0.3) is 5.57 Å². The Hall–Kier alpha value is -2.70. The van der Waals surface area contributed by atoms with Gasteiger partial charge in [0.25, 0.3) is 5.91 Å². The molecule has 0 unspecified atom stereocenters. The van der Waals surface area contributed by atoms with Gasteiger partial charge in [0.2, 0.25) is 5.75 Å². The summed E-state index contributed by atoms with van der Waals surface area (Å²) in [7, 11) is 4.33. The summed E-state index contributed by atoms with van der Waals surface area (Å²) >= 11 is 12.3. The van der Waals surface area contributed by atoms with Gasteiger partial charge in [-0.25, -0.2) is 0 Å². The van der Waals surface area contributed by atoms with E-state index in [1.807, 2.05) is 0 Å². The number of anilines is 1. The summed E-state index contributed by atoms with van der Waals surface area (Å²) in [6.07, 6.45) is 1.20. The Balaban J connectivity index is 2.12. The molecular weight excluding hydrogens is 393 g/mol. The molecule has 0 aromatic heterocycles. The van der Waals surface area contributed by atoms with Gasteiger partial charge in [-0.1, -0.05) is 23.2 Å². The first-order valence-corrected chi connectivity index (χ1v) is 8.53. The van der Waals surface area contributed by atoms with E-state index in [1.165, 1.54) is 33.5 Å². The molecule has 6 nitrogen and oxygen atoms in total. The van der Waals surface area contributed by atoms with E-state index in [9.17, 15) is 9.59 Å². The first kappa shape index (κ1) is 19.1. The maximum atomic E-state index is 12.9. The van der Waals surface area contributed by atoms with Crippen molar-refractivity contribution in [2.75, 3.05) is 26.6 Å². The fourth-order valence-electron chi connectivity index (χ4n) is 2.87. The van der Waals surface area contributed by atoms with Crippen molar-refractivity contribution in [3.63, 3.8) is 0 Å². The SMILES string of the molecule is COc1ccc(C(=O)/C=C2\C(=O)Nc3c(Cl)ccc(Cl)c32)c(OC)c1OC. The molecule has 0 saturated carbocycles. The number of nitrogens with one attached hydrogen (secondary N) is 1. The van der Waals surface area contributed by atoms with Crippen LogP contribution in [-0.4, -0.2) is 33.0 Å². The zero-order chi connectivity index (χ0) is 19.7. The van der Waals surface area contributed by atoms with Crippen LogP contribution in [0, 0.1) is 0 Å². The number of ketones is 1. The molecular formula is C19H15Cl2NO5. The van der Waals surface area contributed by atoms with E-state index in [2.05, 4.69) is 5.32 Å². The number of methoxy groups -OCH3 is 3. The molecule has 1 aliphatic rings. The number of allylic oxidation sites excluding steroid dienone is 1. The number of carbonyl (C=O) groups excluding carboxylic acids is 2. The topological polar surface area (TPSA) is 73.9 Å². The third-order valence-corrected chi connectivity index (χ3v) is 4.73. The molecule has 2 aromatic carbocycles. The smallest absolute Gasteiger partial charge is 0.256 e. The maximum Gasteiger partial charge on any atom is 0.256 e. The van der Waals surface area contributed by atoms with E-state index in [0.717, 1.165) is 0 Å². The molecule has 2 aromatic rings.